The van der Waals surface area contributed by atoms with Gasteiger partial charge in [0.25, 0.3) is 0 Å². The van der Waals surface area contributed by atoms with Crippen molar-refractivity contribution in [2.24, 2.45) is 5.92 Å². The van der Waals surface area contributed by atoms with Gasteiger partial charge in [-0.05, 0) is 12.3 Å². The maximum atomic E-state index is 11.9. The molecule has 0 aliphatic carbocycles. The van der Waals surface area contributed by atoms with Crippen LogP contribution in [0, 0.1) is 5.92 Å². The molecule has 5 nitrogen and oxygen atoms in total. The van der Waals surface area contributed by atoms with Gasteiger partial charge in [-0.3, -0.25) is 14.3 Å². The highest BCUT2D eigenvalue weighted by Gasteiger charge is 2.34. The molecule has 2 amide bonds. The van der Waals surface area contributed by atoms with Crippen molar-refractivity contribution >= 4 is 11.8 Å². The summed E-state index contributed by atoms with van der Waals surface area (Å²) < 4.78 is 39.1. The molecule has 0 spiro atoms. The number of amides is 2. The summed E-state index contributed by atoms with van der Waals surface area (Å²) in [6.45, 7) is 2.64. The van der Waals surface area contributed by atoms with Gasteiger partial charge in [-0.1, -0.05) is 13.8 Å². The second-order valence-electron chi connectivity index (χ2n) is 4.80. The van der Waals surface area contributed by atoms with Crippen molar-refractivity contribution in [1.82, 2.24) is 10.2 Å². The van der Waals surface area contributed by atoms with E-state index in [-0.39, 0.29) is 30.8 Å². The number of rotatable bonds is 5. The molecule has 0 radical (unpaired) electrons. The van der Waals surface area contributed by atoms with Gasteiger partial charge in [-0.2, -0.15) is 0 Å². The topological polar surface area (TPSA) is 58.6 Å². The highest BCUT2D eigenvalue weighted by atomic mass is 19.4. The summed E-state index contributed by atoms with van der Waals surface area (Å²) in [5, 5.41) is 2.54. The molecule has 0 aromatic rings. The fraction of sp³-hybridized carbons (Fsp3) is 0.818. The van der Waals surface area contributed by atoms with E-state index in [0.717, 1.165) is 4.90 Å². The van der Waals surface area contributed by atoms with Gasteiger partial charge >= 0.3 is 6.36 Å². The fourth-order valence-corrected chi connectivity index (χ4v) is 1.87. The lowest BCUT2D eigenvalue weighted by atomic mass is 10.0. The molecule has 0 bridgehead atoms. The van der Waals surface area contributed by atoms with E-state index in [2.05, 4.69) is 10.1 Å². The zero-order valence-electron chi connectivity index (χ0n) is 10.8. The third kappa shape index (κ3) is 5.46. The Labute approximate surface area is 109 Å². The smallest absolute Gasteiger partial charge is 0.343 e. The summed E-state index contributed by atoms with van der Waals surface area (Å²) in [6, 6.07) is -0.660. The molecule has 0 saturated carbocycles. The third-order valence-corrected chi connectivity index (χ3v) is 2.61. The van der Waals surface area contributed by atoms with E-state index in [1.165, 1.54) is 0 Å². The van der Waals surface area contributed by atoms with Gasteiger partial charge in [-0.25, -0.2) is 0 Å². The second-order valence-corrected chi connectivity index (χ2v) is 4.80. The average molecular weight is 282 g/mol. The lowest BCUT2D eigenvalue weighted by molar-refractivity contribution is -0.324. The number of hydrogen-bond donors (Lipinski definition) is 1. The van der Waals surface area contributed by atoms with Gasteiger partial charge in [0.15, 0.2) is 0 Å². The minimum absolute atomic E-state index is 0.195. The Morgan fingerprint density at radius 2 is 2.05 bits per heavy atom. The Morgan fingerprint density at radius 1 is 1.42 bits per heavy atom. The summed E-state index contributed by atoms with van der Waals surface area (Å²) in [4.78, 5) is 24.4. The van der Waals surface area contributed by atoms with Gasteiger partial charge in [-0.15, -0.1) is 13.2 Å². The molecular formula is C11H17F3N2O3. The average Bonchev–Trinajstić information content (AvgIpc) is 2.22. The Morgan fingerprint density at radius 3 is 2.58 bits per heavy atom. The first-order valence-electron chi connectivity index (χ1n) is 5.98. The maximum Gasteiger partial charge on any atom is 0.522 e. The monoisotopic (exact) mass is 282 g/mol. The van der Waals surface area contributed by atoms with Crippen molar-refractivity contribution in [2.45, 2.75) is 32.7 Å². The van der Waals surface area contributed by atoms with Crippen molar-refractivity contribution in [2.75, 3.05) is 19.7 Å². The molecule has 1 fully saturated rings. The number of carbonyl (C=O) groups excluding carboxylic acids is 2. The van der Waals surface area contributed by atoms with Crippen LogP contribution in [0.2, 0.25) is 0 Å². The number of alkyl halides is 3. The highest BCUT2D eigenvalue weighted by Crippen LogP contribution is 2.16. The third-order valence-electron chi connectivity index (χ3n) is 2.61. The molecule has 0 aromatic carbocycles. The first-order valence-corrected chi connectivity index (χ1v) is 5.98. The first kappa shape index (κ1) is 15.7. The molecule has 0 aromatic heterocycles. The van der Waals surface area contributed by atoms with E-state index in [4.69, 9.17) is 0 Å². The van der Waals surface area contributed by atoms with E-state index >= 15 is 0 Å². The van der Waals surface area contributed by atoms with Crippen LogP contribution in [-0.2, 0) is 14.3 Å². The Hall–Kier alpha value is -1.31. The molecule has 1 heterocycles. The number of carbonyl (C=O) groups is 2. The Balaban J connectivity index is 2.52. The van der Waals surface area contributed by atoms with Crippen LogP contribution < -0.4 is 5.32 Å². The molecule has 8 heteroatoms. The van der Waals surface area contributed by atoms with Crippen molar-refractivity contribution in [1.29, 1.82) is 0 Å². The molecule has 1 aliphatic rings. The van der Waals surface area contributed by atoms with Crippen molar-refractivity contribution in [3.8, 4) is 0 Å². The summed E-state index contributed by atoms with van der Waals surface area (Å²) in [6.07, 6.45) is -4.26. The van der Waals surface area contributed by atoms with Crippen LogP contribution in [-0.4, -0.2) is 48.8 Å². The normalized spacial score (nSPS) is 20.9. The van der Waals surface area contributed by atoms with Crippen LogP contribution >= 0.6 is 0 Å². The number of hydrogen-bond acceptors (Lipinski definition) is 3. The summed E-state index contributed by atoms with van der Waals surface area (Å²) in [7, 11) is 0. The molecule has 1 N–H and O–H groups in total. The van der Waals surface area contributed by atoms with E-state index < -0.39 is 19.0 Å². The maximum absolute atomic E-state index is 11.9. The number of nitrogens with one attached hydrogen (secondary N) is 1. The summed E-state index contributed by atoms with van der Waals surface area (Å²) >= 11 is 0. The molecule has 1 rings (SSSR count). The quantitative estimate of drug-likeness (QED) is 0.815. The fourth-order valence-electron chi connectivity index (χ4n) is 1.87. The van der Waals surface area contributed by atoms with E-state index in [0.29, 0.717) is 6.42 Å². The van der Waals surface area contributed by atoms with Crippen molar-refractivity contribution in [3.05, 3.63) is 0 Å². The Kier molecular flexibility index (Phi) is 5.16. The highest BCUT2D eigenvalue weighted by molar-refractivity contribution is 5.94. The SMILES string of the molecule is CC(C)CC1NC(=O)CN(CCOC(F)(F)F)C1=O. The first-order chi connectivity index (χ1) is 8.69. The van der Waals surface area contributed by atoms with Gasteiger partial charge in [0.2, 0.25) is 11.8 Å². The van der Waals surface area contributed by atoms with E-state index in [1.54, 1.807) is 0 Å². The van der Waals surface area contributed by atoms with Gasteiger partial charge in [0.1, 0.15) is 6.04 Å². The van der Waals surface area contributed by atoms with Crippen LogP contribution in [0.1, 0.15) is 20.3 Å². The second kappa shape index (κ2) is 6.23. The van der Waals surface area contributed by atoms with E-state index in [1.807, 2.05) is 13.8 Å². The lowest BCUT2D eigenvalue weighted by Gasteiger charge is -2.33. The molecular weight excluding hydrogens is 265 g/mol. The minimum Gasteiger partial charge on any atom is -0.343 e. The standard InChI is InChI=1S/C11H17F3N2O3/c1-7(2)5-8-10(18)16(6-9(17)15-8)3-4-19-11(12,13)14/h7-8H,3-6H2,1-2H3,(H,15,17). The van der Waals surface area contributed by atoms with Crippen LogP contribution in [0.15, 0.2) is 0 Å². The molecule has 110 valence electrons. The molecule has 1 unspecified atom stereocenters. The molecule has 19 heavy (non-hydrogen) atoms. The molecule has 1 atom stereocenters. The van der Waals surface area contributed by atoms with Gasteiger partial charge in [0, 0.05) is 6.54 Å². The molecule has 1 aliphatic heterocycles. The van der Waals surface area contributed by atoms with Crippen molar-refractivity contribution < 1.29 is 27.5 Å². The number of piperazine rings is 1. The van der Waals surface area contributed by atoms with Crippen LogP contribution in [0.4, 0.5) is 13.2 Å². The zero-order valence-corrected chi connectivity index (χ0v) is 10.8. The van der Waals surface area contributed by atoms with Crippen LogP contribution in [0.3, 0.4) is 0 Å². The van der Waals surface area contributed by atoms with Crippen molar-refractivity contribution in [3.63, 3.8) is 0 Å². The predicted octanol–water partition coefficient (Wildman–Crippen LogP) is 0.896. The molecule has 1 saturated heterocycles. The largest absolute Gasteiger partial charge is 0.522 e. The Bertz CT molecular complexity index is 345. The minimum atomic E-state index is -4.72. The van der Waals surface area contributed by atoms with Crippen LogP contribution in [0.5, 0.6) is 0 Å². The summed E-state index contributed by atoms with van der Waals surface area (Å²) in [5.74, 6) is -0.531. The van der Waals surface area contributed by atoms with E-state index in [9.17, 15) is 22.8 Å². The lowest BCUT2D eigenvalue weighted by Crippen LogP contribution is -2.58. The number of nitrogens with zero attached hydrogens (tertiary/aromatic N) is 1. The zero-order chi connectivity index (χ0) is 14.6. The van der Waals surface area contributed by atoms with Gasteiger partial charge in [0.05, 0.1) is 13.2 Å². The van der Waals surface area contributed by atoms with Gasteiger partial charge < -0.3 is 10.2 Å². The number of halogens is 3. The van der Waals surface area contributed by atoms with Crippen LogP contribution in [0.25, 0.3) is 0 Å². The number of ether oxygens (including phenoxy) is 1. The predicted molar refractivity (Wildman–Crippen MR) is 60.0 cm³/mol. The summed E-state index contributed by atoms with van der Waals surface area (Å²) in [5.41, 5.74) is 0.